The lowest BCUT2D eigenvalue weighted by Gasteiger charge is -2.24. The molecule has 0 aliphatic carbocycles. The van der Waals surface area contributed by atoms with Crippen LogP contribution < -0.4 is 0 Å². The number of hydrogen-bond donors (Lipinski definition) is 0. The molecule has 1 atom stereocenters. The van der Waals surface area contributed by atoms with Gasteiger partial charge >= 0.3 is 0 Å². The van der Waals surface area contributed by atoms with Crippen LogP contribution in [0.3, 0.4) is 0 Å². The molecule has 0 bridgehead atoms. The van der Waals surface area contributed by atoms with E-state index in [0.717, 1.165) is 12.0 Å². The molecule has 1 unspecified atom stereocenters. The molecule has 1 saturated heterocycles. The summed E-state index contributed by atoms with van der Waals surface area (Å²) in [4.78, 5) is 24.8. The van der Waals surface area contributed by atoms with Crippen molar-refractivity contribution >= 4 is 11.7 Å². The van der Waals surface area contributed by atoms with E-state index >= 15 is 0 Å². The van der Waals surface area contributed by atoms with Gasteiger partial charge in [-0.05, 0) is 18.9 Å². The quantitative estimate of drug-likeness (QED) is 0.796. The number of carbonyl (C=O) groups is 2. The standard InChI is InChI=1S/C14H17NO2/c1-11(16)9-13-7-8-14(17)15(13)10-12-5-3-2-4-6-12/h2-6,13H,7-10H2,1H3. The maximum atomic E-state index is 11.8. The Morgan fingerprint density at radius 3 is 2.71 bits per heavy atom. The van der Waals surface area contributed by atoms with E-state index in [0.29, 0.717) is 19.4 Å². The van der Waals surface area contributed by atoms with Crippen molar-refractivity contribution in [2.24, 2.45) is 0 Å². The van der Waals surface area contributed by atoms with Crippen molar-refractivity contribution in [3.63, 3.8) is 0 Å². The van der Waals surface area contributed by atoms with Gasteiger partial charge < -0.3 is 4.90 Å². The summed E-state index contributed by atoms with van der Waals surface area (Å²) < 4.78 is 0. The molecular weight excluding hydrogens is 214 g/mol. The van der Waals surface area contributed by atoms with E-state index in [-0.39, 0.29) is 17.7 Å². The van der Waals surface area contributed by atoms with Crippen molar-refractivity contribution in [1.82, 2.24) is 4.90 Å². The SMILES string of the molecule is CC(=O)CC1CCC(=O)N1Cc1ccccc1. The van der Waals surface area contributed by atoms with Crippen LogP contribution in [-0.2, 0) is 16.1 Å². The number of rotatable bonds is 4. The third-order valence-electron chi connectivity index (χ3n) is 3.17. The Morgan fingerprint density at radius 2 is 2.06 bits per heavy atom. The van der Waals surface area contributed by atoms with Gasteiger partial charge in [0.2, 0.25) is 5.91 Å². The van der Waals surface area contributed by atoms with E-state index in [9.17, 15) is 9.59 Å². The van der Waals surface area contributed by atoms with Crippen molar-refractivity contribution < 1.29 is 9.59 Å². The Morgan fingerprint density at radius 1 is 1.35 bits per heavy atom. The summed E-state index contributed by atoms with van der Waals surface area (Å²) in [6.07, 6.45) is 1.87. The van der Waals surface area contributed by atoms with Crippen molar-refractivity contribution in [3.05, 3.63) is 35.9 Å². The average molecular weight is 231 g/mol. The van der Waals surface area contributed by atoms with Gasteiger partial charge in [-0.25, -0.2) is 0 Å². The predicted octanol–water partition coefficient (Wildman–Crippen LogP) is 2.16. The molecule has 1 aromatic carbocycles. The molecule has 0 spiro atoms. The number of carbonyl (C=O) groups excluding carboxylic acids is 2. The first-order valence-corrected chi connectivity index (χ1v) is 5.99. The molecule has 0 saturated carbocycles. The Bertz CT molecular complexity index is 413. The zero-order valence-electron chi connectivity index (χ0n) is 10.1. The maximum Gasteiger partial charge on any atom is 0.223 e. The van der Waals surface area contributed by atoms with E-state index in [1.54, 1.807) is 6.92 Å². The van der Waals surface area contributed by atoms with E-state index in [1.807, 2.05) is 35.2 Å². The fourth-order valence-electron chi connectivity index (χ4n) is 2.33. The van der Waals surface area contributed by atoms with Crippen LogP contribution in [0.1, 0.15) is 31.7 Å². The maximum absolute atomic E-state index is 11.8. The van der Waals surface area contributed by atoms with Crippen LogP contribution in [0.15, 0.2) is 30.3 Å². The van der Waals surface area contributed by atoms with Gasteiger partial charge in [0.1, 0.15) is 5.78 Å². The molecule has 1 heterocycles. The lowest BCUT2D eigenvalue weighted by molar-refractivity contribution is -0.130. The van der Waals surface area contributed by atoms with Crippen molar-refractivity contribution in [3.8, 4) is 0 Å². The fraction of sp³-hybridized carbons (Fsp3) is 0.429. The topological polar surface area (TPSA) is 37.4 Å². The smallest absolute Gasteiger partial charge is 0.223 e. The molecular formula is C14H17NO2. The Labute approximate surface area is 101 Å². The summed E-state index contributed by atoms with van der Waals surface area (Å²) in [5.41, 5.74) is 1.12. The third-order valence-corrected chi connectivity index (χ3v) is 3.17. The number of hydrogen-bond acceptors (Lipinski definition) is 2. The summed E-state index contributed by atoms with van der Waals surface area (Å²) in [6.45, 7) is 2.21. The van der Waals surface area contributed by atoms with Gasteiger partial charge in [0.05, 0.1) is 0 Å². The monoisotopic (exact) mass is 231 g/mol. The molecule has 1 fully saturated rings. The number of Topliss-reactive ketones (excluding diaryl/α,β-unsaturated/α-hetero) is 1. The average Bonchev–Trinajstić information content (AvgIpc) is 2.62. The van der Waals surface area contributed by atoms with E-state index in [1.165, 1.54) is 0 Å². The molecule has 17 heavy (non-hydrogen) atoms. The second kappa shape index (κ2) is 5.13. The number of likely N-dealkylation sites (tertiary alicyclic amines) is 1. The predicted molar refractivity (Wildman–Crippen MR) is 65.3 cm³/mol. The van der Waals surface area contributed by atoms with Gasteiger partial charge in [0.15, 0.2) is 0 Å². The minimum absolute atomic E-state index is 0.0974. The molecule has 3 heteroatoms. The zero-order chi connectivity index (χ0) is 12.3. The fourth-order valence-corrected chi connectivity index (χ4v) is 2.33. The first-order valence-electron chi connectivity index (χ1n) is 5.99. The minimum atomic E-state index is 0.0974. The second-order valence-corrected chi connectivity index (χ2v) is 4.61. The van der Waals surface area contributed by atoms with Crippen LogP contribution in [0, 0.1) is 0 Å². The highest BCUT2D eigenvalue weighted by Gasteiger charge is 2.31. The Kier molecular flexibility index (Phi) is 3.57. The van der Waals surface area contributed by atoms with E-state index in [4.69, 9.17) is 0 Å². The van der Waals surface area contributed by atoms with Crippen molar-refractivity contribution in [2.45, 2.75) is 38.8 Å². The van der Waals surface area contributed by atoms with Crippen LogP contribution in [0.25, 0.3) is 0 Å². The molecule has 0 radical (unpaired) electrons. The molecule has 1 aliphatic heterocycles. The number of ketones is 1. The number of nitrogens with zero attached hydrogens (tertiary/aromatic N) is 1. The lowest BCUT2D eigenvalue weighted by Crippen LogP contribution is -2.33. The van der Waals surface area contributed by atoms with Gasteiger partial charge in [-0.3, -0.25) is 9.59 Å². The number of benzene rings is 1. The molecule has 1 aromatic rings. The van der Waals surface area contributed by atoms with Crippen LogP contribution in [-0.4, -0.2) is 22.6 Å². The van der Waals surface area contributed by atoms with Gasteiger partial charge in [-0.1, -0.05) is 30.3 Å². The van der Waals surface area contributed by atoms with Gasteiger partial charge in [0, 0.05) is 25.4 Å². The first-order chi connectivity index (χ1) is 8.16. The first kappa shape index (κ1) is 11.8. The van der Waals surface area contributed by atoms with Crippen LogP contribution >= 0.6 is 0 Å². The molecule has 1 aliphatic rings. The molecule has 0 N–H and O–H groups in total. The summed E-state index contributed by atoms with van der Waals surface area (Å²) in [7, 11) is 0. The Balaban J connectivity index is 2.06. The van der Waals surface area contributed by atoms with Crippen LogP contribution in [0.5, 0.6) is 0 Å². The lowest BCUT2D eigenvalue weighted by atomic mass is 10.1. The van der Waals surface area contributed by atoms with Gasteiger partial charge in [-0.2, -0.15) is 0 Å². The molecule has 2 rings (SSSR count). The Hall–Kier alpha value is -1.64. The van der Waals surface area contributed by atoms with E-state index in [2.05, 4.69) is 0 Å². The van der Waals surface area contributed by atoms with Gasteiger partial charge in [0.25, 0.3) is 0 Å². The molecule has 90 valence electrons. The minimum Gasteiger partial charge on any atom is -0.335 e. The third kappa shape index (κ3) is 2.93. The van der Waals surface area contributed by atoms with Crippen molar-refractivity contribution in [1.29, 1.82) is 0 Å². The van der Waals surface area contributed by atoms with E-state index < -0.39 is 0 Å². The molecule has 3 nitrogen and oxygen atoms in total. The zero-order valence-corrected chi connectivity index (χ0v) is 10.1. The molecule has 1 amide bonds. The highest BCUT2D eigenvalue weighted by atomic mass is 16.2. The van der Waals surface area contributed by atoms with Crippen LogP contribution in [0.2, 0.25) is 0 Å². The summed E-state index contributed by atoms with van der Waals surface area (Å²) in [5.74, 6) is 0.322. The summed E-state index contributed by atoms with van der Waals surface area (Å²) >= 11 is 0. The van der Waals surface area contributed by atoms with Crippen LogP contribution in [0.4, 0.5) is 0 Å². The molecule has 0 aromatic heterocycles. The summed E-state index contributed by atoms with van der Waals surface area (Å²) in [5, 5.41) is 0. The number of amides is 1. The highest BCUT2D eigenvalue weighted by molar-refractivity contribution is 5.81. The second-order valence-electron chi connectivity index (χ2n) is 4.61. The normalized spacial score (nSPS) is 19.7. The largest absolute Gasteiger partial charge is 0.335 e. The summed E-state index contributed by atoms with van der Waals surface area (Å²) in [6, 6.07) is 10.0. The van der Waals surface area contributed by atoms with Gasteiger partial charge in [-0.15, -0.1) is 0 Å². The van der Waals surface area contributed by atoms with Crippen molar-refractivity contribution in [2.75, 3.05) is 0 Å². The highest BCUT2D eigenvalue weighted by Crippen LogP contribution is 2.23.